The molecule has 8 heteroatoms. The van der Waals surface area contributed by atoms with E-state index in [4.69, 9.17) is 5.26 Å². The molecule has 5 rings (SSSR count). The third-order valence-electron chi connectivity index (χ3n) is 6.96. The summed E-state index contributed by atoms with van der Waals surface area (Å²) >= 11 is 0. The fraction of sp³-hybridized carbons (Fsp3) is 0.286. The van der Waals surface area contributed by atoms with Gasteiger partial charge in [0.1, 0.15) is 0 Å². The number of nitrogens with zero attached hydrogens (tertiary/aromatic N) is 2. The summed E-state index contributed by atoms with van der Waals surface area (Å²) in [4.78, 5) is 39.3. The number of carbonyl (C=O) groups excluding carboxylic acids is 3. The van der Waals surface area contributed by atoms with Crippen LogP contribution in [0.25, 0.3) is 10.8 Å². The van der Waals surface area contributed by atoms with Gasteiger partial charge in [0.25, 0.3) is 5.91 Å². The highest BCUT2D eigenvalue weighted by Gasteiger charge is 2.46. The van der Waals surface area contributed by atoms with Gasteiger partial charge in [-0.25, -0.2) is 0 Å². The van der Waals surface area contributed by atoms with E-state index in [1.165, 1.54) is 0 Å². The summed E-state index contributed by atoms with van der Waals surface area (Å²) in [6.45, 7) is 1.58. The van der Waals surface area contributed by atoms with Crippen molar-refractivity contribution in [2.45, 2.75) is 24.9 Å². The van der Waals surface area contributed by atoms with Crippen LogP contribution in [-0.4, -0.2) is 42.3 Å². The molecule has 0 aromatic heterocycles. The van der Waals surface area contributed by atoms with Crippen molar-refractivity contribution in [2.24, 2.45) is 5.92 Å². The van der Waals surface area contributed by atoms with Crippen molar-refractivity contribution in [1.82, 2.24) is 20.9 Å². The number of fused-ring (bicyclic) bond motifs is 1. The average Bonchev–Trinajstić information content (AvgIpc) is 3.66. The normalized spacial score (nSPS) is 15.9. The van der Waals surface area contributed by atoms with Gasteiger partial charge in [-0.15, -0.1) is 0 Å². The largest absolute Gasteiger partial charge is 0.347 e. The van der Waals surface area contributed by atoms with Gasteiger partial charge in [0.05, 0.1) is 5.54 Å². The summed E-state index contributed by atoms with van der Waals surface area (Å²) in [6.07, 6.45) is 3.77. The van der Waals surface area contributed by atoms with Crippen LogP contribution in [0.5, 0.6) is 0 Å². The quantitative estimate of drug-likeness (QED) is 0.354. The number of benzene rings is 3. The number of carbonyl (C=O) groups is 3. The molecule has 2 aliphatic rings. The Balaban J connectivity index is 1.20. The summed E-state index contributed by atoms with van der Waals surface area (Å²) in [6, 6.07) is 21.5. The first-order valence-corrected chi connectivity index (χ1v) is 12.1. The van der Waals surface area contributed by atoms with Crippen LogP contribution in [-0.2, 0) is 21.7 Å². The molecule has 1 aliphatic carbocycles. The maximum absolute atomic E-state index is 13.3. The number of hydrogen-bond donors (Lipinski definition) is 3. The summed E-state index contributed by atoms with van der Waals surface area (Å²) in [5.74, 6) is -1.51. The Morgan fingerprint density at radius 1 is 0.917 bits per heavy atom. The molecular weight excluding hydrogens is 454 g/mol. The van der Waals surface area contributed by atoms with Crippen LogP contribution in [0.2, 0.25) is 0 Å². The molecule has 1 saturated heterocycles. The van der Waals surface area contributed by atoms with E-state index in [2.05, 4.69) is 46.3 Å². The van der Waals surface area contributed by atoms with E-state index >= 15 is 0 Å². The second kappa shape index (κ2) is 9.70. The summed E-state index contributed by atoms with van der Waals surface area (Å²) < 4.78 is 0. The zero-order valence-corrected chi connectivity index (χ0v) is 19.8. The molecule has 0 radical (unpaired) electrons. The lowest BCUT2D eigenvalue weighted by molar-refractivity contribution is -0.139. The molecule has 1 aliphatic heterocycles. The molecule has 3 amide bonds. The molecule has 2 fully saturated rings. The Bertz CT molecular complexity index is 1370. The Labute approximate surface area is 209 Å². The molecule has 3 aromatic carbocycles. The molecule has 1 heterocycles. The third-order valence-corrected chi connectivity index (χ3v) is 6.96. The first-order valence-electron chi connectivity index (χ1n) is 12.1. The van der Waals surface area contributed by atoms with Crippen LogP contribution in [0.4, 0.5) is 0 Å². The number of rotatable bonds is 7. The van der Waals surface area contributed by atoms with E-state index in [0.717, 1.165) is 29.2 Å². The van der Waals surface area contributed by atoms with Crippen LogP contribution in [0.1, 0.15) is 34.3 Å². The summed E-state index contributed by atoms with van der Waals surface area (Å²) in [5, 5.41) is 19.5. The highest BCUT2D eigenvalue weighted by atomic mass is 16.2. The smallest absolute Gasteiger partial charge is 0.309 e. The van der Waals surface area contributed by atoms with Crippen molar-refractivity contribution in [3.63, 3.8) is 0 Å². The van der Waals surface area contributed by atoms with Gasteiger partial charge in [-0.1, -0.05) is 54.6 Å². The van der Waals surface area contributed by atoms with Crippen molar-refractivity contribution in [2.75, 3.05) is 19.6 Å². The highest BCUT2D eigenvalue weighted by molar-refractivity contribution is 6.35. The van der Waals surface area contributed by atoms with Crippen LogP contribution in [0, 0.1) is 17.4 Å². The first kappa shape index (κ1) is 23.4. The van der Waals surface area contributed by atoms with E-state index in [1.807, 2.05) is 18.3 Å². The minimum absolute atomic E-state index is 0.0600. The Morgan fingerprint density at radius 2 is 1.61 bits per heavy atom. The monoisotopic (exact) mass is 481 g/mol. The van der Waals surface area contributed by atoms with E-state index in [1.54, 1.807) is 29.2 Å². The first-order chi connectivity index (χ1) is 17.5. The lowest BCUT2D eigenvalue weighted by atomic mass is 9.99. The molecule has 8 nitrogen and oxygen atoms in total. The molecule has 182 valence electrons. The topological polar surface area (TPSA) is 114 Å². The van der Waals surface area contributed by atoms with Gasteiger partial charge < -0.3 is 20.9 Å². The fourth-order valence-corrected chi connectivity index (χ4v) is 4.63. The van der Waals surface area contributed by atoms with Crippen LogP contribution in [0.3, 0.4) is 0 Å². The lowest BCUT2D eigenvalue weighted by Gasteiger charge is -2.34. The third kappa shape index (κ3) is 4.86. The summed E-state index contributed by atoms with van der Waals surface area (Å²) in [5.41, 5.74) is 1.80. The molecule has 3 N–H and O–H groups in total. The highest BCUT2D eigenvalue weighted by Crippen LogP contribution is 2.46. The number of hydrogen-bond acceptors (Lipinski definition) is 5. The predicted octanol–water partition coefficient (Wildman–Crippen LogP) is 2.40. The molecule has 0 atom stereocenters. The summed E-state index contributed by atoms with van der Waals surface area (Å²) in [7, 11) is 0. The second-order valence-electron chi connectivity index (χ2n) is 9.52. The molecule has 0 unspecified atom stereocenters. The molecule has 0 spiro atoms. The zero-order chi connectivity index (χ0) is 25.1. The van der Waals surface area contributed by atoms with Crippen molar-refractivity contribution in [3.05, 3.63) is 83.4 Å². The molecular formula is C28H27N5O3. The van der Waals surface area contributed by atoms with E-state index in [9.17, 15) is 14.4 Å². The van der Waals surface area contributed by atoms with Crippen LogP contribution < -0.4 is 16.0 Å². The minimum atomic E-state index is -0.753. The van der Waals surface area contributed by atoms with Gasteiger partial charge in [0.15, 0.2) is 6.19 Å². The number of likely N-dealkylation sites (tertiary alicyclic amines) is 1. The predicted molar refractivity (Wildman–Crippen MR) is 134 cm³/mol. The second-order valence-corrected chi connectivity index (χ2v) is 9.52. The van der Waals surface area contributed by atoms with Gasteiger partial charge in [-0.2, -0.15) is 5.26 Å². The standard InChI is InChI=1S/C28H27N5O3/c29-18-33-16-19(17-33)14-30-26(35)27(36)31-15-22-7-3-4-8-24(22)25(34)32-28(11-12-28)23-10-9-20-5-1-2-6-21(20)13-23/h1-10,13,19H,11-12,14-17H2,(H,30,35)(H,31,36)(H,32,34). The van der Waals surface area contributed by atoms with Gasteiger partial charge >= 0.3 is 11.8 Å². The van der Waals surface area contributed by atoms with Crippen molar-refractivity contribution >= 4 is 28.5 Å². The van der Waals surface area contributed by atoms with Crippen molar-refractivity contribution < 1.29 is 14.4 Å². The number of amides is 3. The molecule has 36 heavy (non-hydrogen) atoms. The van der Waals surface area contributed by atoms with Crippen LogP contribution >= 0.6 is 0 Å². The van der Waals surface area contributed by atoms with E-state index < -0.39 is 11.8 Å². The van der Waals surface area contributed by atoms with Gasteiger partial charge in [-0.3, -0.25) is 14.4 Å². The fourth-order valence-electron chi connectivity index (χ4n) is 4.63. The van der Waals surface area contributed by atoms with E-state index in [0.29, 0.717) is 30.8 Å². The SMILES string of the molecule is N#CN1CC(CNC(=O)C(=O)NCc2ccccc2C(=O)NC2(c3ccc4ccccc4c3)CC2)C1. The zero-order valence-electron chi connectivity index (χ0n) is 19.8. The van der Waals surface area contributed by atoms with E-state index in [-0.39, 0.29) is 23.9 Å². The number of nitriles is 1. The number of nitrogens with one attached hydrogen (secondary N) is 3. The van der Waals surface area contributed by atoms with Gasteiger partial charge in [0.2, 0.25) is 0 Å². The maximum Gasteiger partial charge on any atom is 0.309 e. The Morgan fingerprint density at radius 3 is 2.36 bits per heavy atom. The Kier molecular flexibility index (Phi) is 6.30. The van der Waals surface area contributed by atoms with Crippen molar-refractivity contribution in [3.8, 4) is 6.19 Å². The molecule has 0 bridgehead atoms. The van der Waals surface area contributed by atoms with Gasteiger partial charge in [0, 0.05) is 37.7 Å². The molecule has 3 aromatic rings. The van der Waals surface area contributed by atoms with Crippen LogP contribution in [0.15, 0.2) is 66.7 Å². The molecule has 1 saturated carbocycles. The van der Waals surface area contributed by atoms with Crippen molar-refractivity contribution in [1.29, 1.82) is 5.26 Å². The maximum atomic E-state index is 13.3. The lowest BCUT2D eigenvalue weighted by Crippen LogP contribution is -2.50. The Hall–Kier alpha value is -4.38. The van der Waals surface area contributed by atoms with Gasteiger partial charge in [-0.05, 0) is 46.9 Å². The minimum Gasteiger partial charge on any atom is -0.347 e. The average molecular weight is 482 g/mol.